The van der Waals surface area contributed by atoms with Gasteiger partial charge in [-0.05, 0) is 76.2 Å². The normalized spacial score (nSPS) is 27.4. The number of likely N-dealkylation sites (tertiary alicyclic amines) is 1. The van der Waals surface area contributed by atoms with Gasteiger partial charge in [-0.1, -0.05) is 13.8 Å². The molecule has 0 bridgehead atoms. The summed E-state index contributed by atoms with van der Waals surface area (Å²) >= 11 is 0. The van der Waals surface area contributed by atoms with E-state index in [0.717, 1.165) is 12.8 Å². The van der Waals surface area contributed by atoms with Gasteiger partial charge in [0, 0.05) is 18.5 Å². The first-order valence-electron chi connectivity index (χ1n) is 11.0. The van der Waals surface area contributed by atoms with E-state index < -0.39 is 29.4 Å². The Morgan fingerprint density at radius 1 is 1.31 bits per heavy atom. The molecule has 3 unspecified atom stereocenters. The van der Waals surface area contributed by atoms with E-state index in [-0.39, 0.29) is 16.7 Å². The Labute approximate surface area is 188 Å². The van der Waals surface area contributed by atoms with Crippen LogP contribution in [0.2, 0.25) is 0 Å². The number of nitrogens with zero attached hydrogens (tertiary/aromatic N) is 2. The molecular weight excluding hydrogens is 413 g/mol. The first kappa shape index (κ1) is 24.3. The SMILES string of the molecule is CC1=NC=C(c2ccc(=O)[nH]c2)C(N2CCC(C)(C)CC2)C1(F)C(OC(C)(C)C)C(=O)O. The smallest absolute Gasteiger partial charge is 0.336 e. The molecule has 3 rings (SSSR count). The van der Waals surface area contributed by atoms with Gasteiger partial charge in [0.1, 0.15) is 0 Å². The Morgan fingerprint density at radius 3 is 2.44 bits per heavy atom. The van der Waals surface area contributed by atoms with Gasteiger partial charge in [0.05, 0.1) is 17.4 Å². The number of hydrogen-bond donors (Lipinski definition) is 2. The standard InChI is InChI=1S/C24H34FN3O4/c1-15-24(25,20(21(30)31)32-22(2,3)4)19(28-11-9-23(5,6)10-12-28)17(14-26-15)16-7-8-18(29)27-13-16/h7-8,13-14,19-20H,9-12H2,1-6H3,(H,27,29)(H,30,31). The van der Waals surface area contributed by atoms with E-state index in [2.05, 4.69) is 23.8 Å². The summed E-state index contributed by atoms with van der Waals surface area (Å²) in [6.07, 6.45) is 3.06. The van der Waals surface area contributed by atoms with Crippen LogP contribution in [-0.4, -0.2) is 63.2 Å². The lowest BCUT2D eigenvalue weighted by atomic mass is 9.75. The van der Waals surface area contributed by atoms with Crippen molar-refractivity contribution in [2.75, 3.05) is 13.1 Å². The van der Waals surface area contributed by atoms with Gasteiger partial charge in [0.2, 0.25) is 11.2 Å². The molecule has 0 amide bonds. The molecule has 0 radical (unpaired) electrons. The third-order valence-electron chi connectivity index (χ3n) is 6.36. The summed E-state index contributed by atoms with van der Waals surface area (Å²) in [5, 5.41) is 10.1. The molecule has 176 valence electrons. The minimum Gasteiger partial charge on any atom is -0.479 e. The third kappa shape index (κ3) is 4.86. The van der Waals surface area contributed by atoms with E-state index in [1.165, 1.54) is 19.2 Å². The quantitative estimate of drug-likeness (QED) is 0.718. The van der Waals surface area contributed by atoms with Gasteiger partial charge in [0.25, 0.3) is 0 Å². The van der Waals surface area contributed by atoms with Crippen LogP contribution in [0, 0.1) is 5.41 Å². The predicted octanol–water partition coefficient (Wildman–Crippen LogP) is 3.66. The molecule has 3 atom stereocenters. The number of carboxylic acids is 1. The number of aromatic amines is 1. The van der Waals surface area contributed by atoms with E-state index in [1.807, 2.05) is 4.90 Å². The number of rotatable bonds is 5. The Balaban J connectivity index is 2.15. The molecule has 0 spiro atoms. The summed E-state index contributed by atoms with van der Waals surface area (Å²) in [6.45, 7) is 12.2. The molecule has 7 nitrogen and oxygen atoms in total. The molecule has 32 heavy (non-hydrogen) atoms. The molecule has 3 heterocycles. The van der Waals surface area contributed by atoms with Crippen molar-refractivity contribution in [1.82, 2.24) is 9.88 Å². The molecule has 0 aliphatic carbocycles. The van der Waals surface area contributed by atoms with Gasteiger partial charge in [-0.3, -0.25) is 14.7 Å². The fourth-order valence-electron chi connectivity index (χ4n) is 4.44. The first-order chi connectivity index (χ1) is 14.7. The molecule has 2 aliphatic rings. The molecule has 1 saturated heterocycles. The summed E-state index contributed by atoms with van der Waals surface area (Å²) in [6, 6.07) is 2.06. The number of piperidine rings is 1. The number of carboxylic acid groups (broad SMARTS) is 1. The highest BCUT2D eigenvalue weighted by Crippen LogP contribution is 2.43. The lowest BCUT2D eigenvalue weighted by molar-refractivity contribution is -0.176. The Hall–Kier alpha value is -2.32. The van der Waals surface area contributed by atoms with Crippen molar-refractivity contribution in [3.63, 3.8) is 0 Å². The average molecular weight is 448 g/mol. The van der Waals surface area contributed by atoms with Crippen LogP contribution in [0.15, 0.2) is 34.3 Å². The highest BCUT2D eigenvalue weighted by atomic mass is 19.1. The number of aromatic nitrogens is 1. The maximum atomic E-state index is 17.3. The van der Waals surface area contributed by atoms with E-state index in [1.54, 1.807) is 33.0 Å². The maximum Gasteiger partial charge on any atom is 0.336 e. The van der Waals surface area contributed by atoms with Crippen molar-refractivity contribution in [2.24, 2.45) is 10.4 Å². The van der Waals surface area contributed by atoms with Crippen molar-refractivity contribution in [3.8, 4) is 0 Å². The summed E-state index contributed by atoms with van der Waals surface area (Å²) in [5.74, 6) is -1.37. The van der Waals surface area contributed by atoms with Gasteiger partial charge in [-0.15, -0.1) is 0 Å². The third-order valence-corrected chi connectivity index (χ3v) is 6.36. The molecule has 0 saturated carbocycles. The van der Waals surface area contributed by atoms with E-state index in [0.29, 0.717) is 24.2 Å². The molecular formula is C24H34FN3O4. The number of aliphatic carboxylic acids is 1. The Bertz CT molecular complexity index is 961. The largest absolute Gasteiger partial charge is 0.479 e. The Kier molecular flexibility index (Phi) is 6.50. The van der Waals surface area contributed by atoms with E-state index >= 15 is 4.39 Å². The van der Waals surface area contributed by atoms with Gasteiger partial charge in [0.15, 0.2) is 6.10 Å². The number of aliphatic imine (C=N–C) groups is 1. The second kappa shape index (κ2) is 8.56. The zero-order valence-electron chi connectivity index (χ0n) is 19.7. The highest BCUT2D eigenvalue weighted by molar-refractivity contribution is 6.01. The van der Waals surface area contributed by atoms with Crippen LogP contribution >= 0.6 is 0 Å². The number of carbonyl (C=O) groups is 1. The molecule has 1 fully saturated rings. The van der Waals surface area contributed by atoms with Gasteiger partial charge >= 0.3 is 5.97 Å². The minimum atomic E-state index is -2.40. The second-order valence-corrected chi connectivity index (χ2v) is 10.6. The zero-order chi connectivity index (χ0) is 23.9. The molecule has 2 aliphatic heterocycles. The monoisotopic (exact) mass is 447 g/mol. The molecule has 1 aromatic rings. The van der Waals surface area contributed by atoms with Crippen LogP contribution in [0.3, 0.4) is 0 Å². The number of nitrogens with one attached hydrogen (secondary N) is 1. The minimum absolute atomic E-state index is 0.0668. The van der Waals surface area contributed by atoms with Gasteiger partial charge < -0.3 is 14.8 Å². The number of halogens is 1. The number of ether oxygens (including phenoxy) is 1. The van der Waals surface area contributed by atoms with Crippen molar-refractivity contribution < 1.29 is 19.0 Å². The average Bonchev–Trinajstić information content (AvgIpc) is 2.68. The highest BCUT2D eigenvalue weighted by Gasteiger charge is 2.59. The van der Waals surface area contributed by atoms with Crippen LogP contribution in [0.1, 0.15) is 59.9 Å². The van der Waals surface area contributed by atoms with Crippen LogP contribution in [0.25, 0.3) is 5.57 Å². The topological polar surface area (TPSA) is 95.0 Å². The van der Waals surface area contributed by atoms with Crippen LogP contribution in [-0.2, 0) is 9.53 Å². The van der Waals surface area contributed by atoms with Crippen molar-refractivity contribution in [2.45, 2.75) is 77.8 Å². The molecule has 8 heteroatoms. The molecule has 1 aromatic heterocycles. The number of alkyl halides is 1. The maximum absolute atomic E-state index is 17.3. The molecule has 2 N–H and O–H groups in total. The van der Waals surface area contributed by atoms with Crippen LogP contribution in [0.4, 0.5) is 4.39 Å². The van der Waals surface area contributed by atoms with Gasteiger partial charge in [-0.2, -0.15) is 0 Å². The van der Waals surface area contributed by atoms with Crippen molar-refractivity contribution >= 4 is 17.3 Å². The summed E-state index contributed by atoms with van der Waals surface area (Å²) in [5.41, 5.74) is -2.24. The summed E-state index contributed by atoms with van der Waals surface area (Å²) < 4.78 is 23.1. The number of hydrogen-bond acceptors (Lipinski definition) is 5. The summed E-state index contributed by atoms with van der Waals surface area (Å²) in [4.78, 5) is 32.9. The predicted molar refractivity (Wildman–Crippen MR) is 123 cm³/mol. The van der Waals surface area contributed by atoms with Crippen LogP contribution in [0.5, 0.6) is 0 Å². The number of pyridine rings is 1. The zero-order valence-corrected chi connectivity index (χ0v) is 19.7. The van der Waals surface area contributed by atoms with Crippen LogP contribution < -0.4 is 5.56 Å². The lowest BCUT2D eigenvalue weighted by Crippen LogP contribution is -2.66. The van der Waals surface area contributed by atoms with Crippen molar-refractivity contribution in [1.29, 1.82) is 0 Å². The van der Waals surface area contributed by atoms with E-state index in [4.69, 9.17) is 4.74 Å². The molecule has 0 aromatic carbocycles. The van der Waals surface area contributed by atoms with Gasteiger partial charge in [-0.25, -0.2) is 9.18 Å². The lowest BCUT2D eigenvalue weighted by Gasteiger charge is -2.49. The Morgan fingerprint density at radius 2 is 1.94 bits per heavy atom. The summed E-state index contributed by atoms with van der Waals surface area (Å²) in [7, 11) is 0. The number of H-pyrrole nitrogens is 1. The van der Waals surface area contributed by atoms with E-state index in [9.17, 15) is 14.7 Å². The first-order valence-corrected chi connectivity index (χ1v) is 11.0. The fourth-order valence-corrected chi connectivity index (χ4v) is 4.44. The fraction of sp³-hybridized carbons (Fsp3) is 0.625. The van der Waals surface area contributed by atoms with Crippen molar-refractivity contribution in [3.05, 3.63) is 40.4 Å². The second-order valence-electron chi connectivity index (χ2n) is 10.6.